The molecular formula is C11H20N4O2. The van der Waals surface area contributed by atoms with Crippen LogP contribution < -0.4 is 10.6 Å². The van der Waals surface area contributed by atoms with Crippen molar-refractivity contribution in [3.8, 4) is 0 Å². The van der Waals surface area contributed by atoms with Crippen LogP contribution in [-0.2, 0) is 9.59 Å². The van der Waals surface area contributed by atoms with Crippen LogP contribution in [-0.4, -0.2) is 74.0 Å². The van der Waals surface area contributed by atoms with Gasteiger partial charge in [-0.2, -0.15) is 0 Å². The molecule has 6 heteroatoms. The first kappa shape index (κ1) is 12.3. The summed E-state index contributed by atoms with van der Waals surface area (Å²) in [6.07, 6.45) is 0.273. The first-order valence-electron chi connectivity index (χ1n) is 6.14. The summed E-state index contributed by atoms with van der Waals surface area (Å²) in [7, 11) is 2.05. The molecule has 0 radical (unpaired) electrons. The number of rotatable bonds is 2. The monoisotopic (exact) mass is 240 g/mol. The van der Waals surface area contributed by atoms with Gasteiger partial charge in [-0.3, -0.25) is 9.59 Å². The Morgan fingerprint density at radius 2 is 2.00 bits per heavy atom. The summed E-state index contributed by atoms with van der Waals surface area (Å²) in [6, 6.07) is -0.351. The standard InChI is InChI=1S/C11H20N4O2/c1-14-4-6-15(7-5-14)10(16)8-9-11(17)13-3-2-12-9/h9,12H,2-8H2,1H3,(H,13,17)/t9-/m0/s1. The Bertz CT molecular complexity index is 300. The van der Waals surface area contributed by atoms with Crippen LogP contribution in [0, 0.1) is 0 Å². The van der Waals surface area contributed by atoms with Crippen molar-refractivity contribution in [3.63, 3.8) is 0 Å². The van der Waals surface area contributed by atoms with Crippen molar-refractivity contribution in [2.24, 2.45) is 0 Å². The number of likely N-dealkylation sites (N-methyl/N-ethyl adjacent to an activating group) is 1. The molecule has 0 aromatic rings. The highest BCUT2D eigenvalue weighted by atomic mass is 16.2. The Hall–Kier alpha value is -1.14. The van der Waals surface area contributed by atoms with Crippen LogP contribution in [0.25, 0.3) is 0 Å². The maximum atomic E-state index is 12.0. The maximum absolute atomic E-state index is 12.0. The van der Waals surface area contributed by atoms with Crippen LogP contribution in [0.3, 0.4) is 0 Å². The minimum absolute atomic E-state index is 0.0567. The van der Waals surface area contributed by atoms with E-state index in [1.54, 1.807) is 0 Å². The Kier molecular flexibility index (Phi) is 3.96. The Morgan fingerprint density at radius 3 is 2.65 bits per heavy atom. The van der Waals surface area contributed by atoms with Gasteiger partial charge in [-0.15, -0.1) is 0 Å². The SMILES string of the molecule is CN1CCN(C(=O)C[C@@H]2NCCNC2=O)CC1. The summed E-state index contributed by atoms with van der Waals surface area (Å²) in [6.45, 7) is 4.75. The number of hydrogen-bond donors (Lipinski definition) is 2. The molecule has 2 N–H and O–H groups in total. The van der Waals surface area contributed by atoms with Gasteiger partial charge in [-0.25, -0.2) is 0 Å². The van der Waals surface area contributed by atoms with E-state index in [1.165, 1.54) is 0 Å². The van der Waals surface area contributed by atoms with Crippen molar-refractivity contribution in [2.75, 3.05) is 46.3 Å². The second-order valence-corrected chi connectivity index (χ2v) is 4.69. The average molecular weight is 240 g/mol. The van der Waals surface area contributed by atoms with Gasteiger partial charge in [0.1, 0.15) is 0 Å². The van der Waals surface area contributed by atoms with Gasteiger partial charge in [0.25, 0.3) is 0 Å². The molecule has 0 bridgehead atoms. The van der Waals surface area contributed by atoms with Crippen LogP contribution in [0.4, 0.5) is 0 Å². The van der Waals surface area contributed by atoms with Gasteiger partial charge in [0, 0.05) is 39.3 Å². The molecular weight excluding hydrogens is 220 g/mol. The molecule has 0 unspecified atom stereocenters. The molecule has 96 valence electrons. The van der Waals surface area contributed by atoms with E-state index in [0.29, 0.717) is 6.54 Å². The van der Waals surface area contributed by atoms with Gasteiger partial charge < -0.3 is 20.4 Å². The zero-order valence-corrected chi connectivity index (χ0v) is 10.2. The highest BCUT2D eigenvalue weighted by Gasteiger charge is 2.27. The lowest BCUT2D eigenvalue weighted by Crippen LogP contribution is -2.55. The number of nitrogens with one attached hydrogen (secondary N) is 2. The van der Waals surface area contributed by atoms with Crippen molar-refractivity contribution >= 4 is 11.8 Å². The average Bonchev–Trinajstić information content (AvgIpc) is 2.33. The summed E-state index contributed by atoms with van der Waals surface area (Å²) in [5.41, 5.74) is 0. The van der Waals surface area contributed by atoms with Crippen molar-refractivity contribution in [2.45, 2.75) is 12.5 Å². The Balaban J connectivity index is 1.82. The van der Waals surface area contributed by atoms with E-state index in [2.05, 4.69) is 22.6 Å². The van der Waals surface area contributed by atoms with E-state index in [-0.39, 0.29) is 24.3 Å². The number of amides is 2. The molecule has 2 aliphatic heterocycles. The molecule has 0 spiro atoms. The van der Waals surface area contributed by atoms with Crippen LogP contribution in [0.2, 0.25) is 0 Å². The van der Waals surface area contributed by atoms with Crippen molar-refractivity contribution in [1.29, 1.82) is 0 Å². The molecule has 0 aromatic carbocycles. The first-order valence-corrected chi connectivity index (χ1v) is 6.14. The first-order chi connectivity index (χ1) is 8.16. The molecule has 17 heavy (non-hydrogen) atoms. The van der Waals surface area contributed by atoms with Crippen molar-refractivity contribution in [1.82, 2.24) is 20.4 Å². The van der Waals surface area contributed by atoms with E-state index < -0.39 is 0 Å². The molecule has 2 heterocycles. The van der Waals surface area contributed by atoms with Crippen LogP contribution in [0.15, 0.2) is 0 Å². The minimum Gasteiger partial charge on any atom is -0.353 e. The Morgan fingerprint density at radius 1 is 1.29 bits per heavy atom. The second-order valence-electron chi connectivity index (χ2n) is 4.69. The van der Waals surface area contributed by atoms with E-state index in [0.717, 1.165) is 32.7 Å². The number of carbonyl (C=O) groups is 2. The van der Waals surface area contributed by atoms with Crippen molar-refractivity contribution in [3.05, 3.63) is 0 Å². The fraction of sp³-hybridized carbons (Fsp3) is 0.818. The van der Waals surface area contributed by atoms with E-state index in [9.17, 15) is 9.59 Å². The quantitative estimate of drug-likeness (QED) is 0.600. The zero-order valence-electron chi connectivity index (χ0n) is 10.2. The van der Waals surface area contributed by atoms with Gasteiger partial charge in [0.2, 0.25) is 11.8 Å². The Labute approximate surface area is 101 Å². The van der Waals surface area contributed by atoms with E-state index in [1.807, 2.05) is 4.90 Å². The largest absolute Gasteiger partial charge is 0.353 e. The van der Waals surface area contributed by atoms with E-state index in [4.69, 9.17) is 0 Å². The van der Waals surface area contributed by atoms with Crippen molar-refractivity contribution < 1.29 is 9.59 Å². The third kappa shape index (κ3) is 3.17. The lowest BCUT2D eigenvalue weighted by atomic mass is 10.1. The number of nitrogens with zero attached hydrogens (tertiary/aromatic N) is 2. The second kappa shape index (κ2) is 5.46. The van der Waals surface area contributed by atoms with Crippen LogP contribution in [0.1, 0.15) is 6.42 Å². The highest BCUT2D eigenvalue weighted by Crippen LogP contribution is 2.05. The summed E-state index contributed by atoms with van der Waals surface area (Å²) in [5.74, 6) is 0.0198. The summed E-state index contributed by atoms with van der Waals surface area (Å²) >= 11 is 0. The smallest absolute Gasteiger partial charge is 0.237 e. The third-order valence-corrected chi connectivity index (χ3v) is 3.37. The van der Waals surface area contributed by atoms with Gasteiger partial charge >= 0.3 is 0 Å². The minimum atomic E-state index is -0.351. The number of hydrogen-bond acceptors (Lipinski definition) is 4. The molecule has 2 rings (SSSR count). The zero-order chi connectivity index (χ0) is 12.3. The maximum Gasteiger partial charge on any atom is 0.237 e. The fourth-order valence-electron chi connectivity index (χ4n) is 2.17. The van der Waals surface area contributed by atoms with Gasteiger partial charge in [-0.05, 0) is 7.05 Å². The lowest BCUT2D eigenvalue weighted by molar-refractivity contribution is -0.136. The summed E-state index contributed by atoms with van der Waals surface area (Å²) in [4.78, 5) is 27.6. The molecule has 0 aliphatic carbocycles. The number of piperazine rings is 2. The van der Waals surface area contributed by atoms with Crippen LogP contribution >= 0.6 is 0 Å². The highest BCUT2D eigenvalue weighted by molar-refractivity contribution is 5.88. The number of carbonyl (C=O) groups excluding carboxylic acids is 2. The fourth-order valence-corrected chi connectivity index (χ4v) is 2.17. The molecule has 2 fully saturated rings. The molecule has 2 amide bonds. The normalized spacial score (nSPS) is 26.8. The summed E-state index contributed by atoms with van der Waals surface area (Å²) < 4.78 is 0. The predicted octanol–water partition coefficient (Wildman–Crippen LogP) is -1.76. The van der Waals surface area contributed by atoms with Crippen LogP contribution in [0.5, 0.6) is 0 Å². The van der Waals surface area contributed by atoms with Gasteiger partial charge in [-0.1, -0.05) is 0 Å². The molecule has 0 saturated carbocycles. The molecule has 2 saturated heterocycles. The topological polar surface area (TPSA) is 64.7 Å². The lowest BCUT2D eigenvalue weighted by Gasteiger charge is -2.33. The van der Waals surface area contributed by atoms with E-state index >= 15 is 0 Å². The molecule has 6 nitrogen and oxygen atoms in total. The predicted molar refractivity (Wildman–Crippen MR) is 63.5 cm³/mol. The van der Waals surface area contributed by atoms with Gasteiger partial charge in [0.05, 0.1) is 12.5 Å². The summed E-state index contributed by atoms with van der Waals surface area (Å²) in [5, 5.41) is 5.84. The molecule has 1 atom stereocenters. The molecule has 0 aromatic heterocycles. The van der Waals surface area contributed by atoms with Gasteiger partial charge in [0.15, 0.2) is 0 Å². The third-order valence-electron chi connectivity index (χ3n) is 3.37. The molecule has 2 aliphatic rings.